The van der Waals surface area contributed by atoms with Gasteiger partial charge in [-0.15, -0.1) is 10.2 Å². The highest BCUT2D eigenvalue weighted by molar-refractivity contribution is 9.10. The second kappa shape index (κ2) is 8.31. The Kier molecular flexibility index (Phi) is 5.75. The molecule has 0 spiro atoms. The topological polar surface area (TPSA) is 81.1 Å². The molecule has 0 saturated carbocycles. The number of anilines is 1. The molecule has 0 unspecified atom stereocenters. The number of aryl methyl sites for hydroxylation is 3. The van der Waals surface area contributed by atoms with Crippen molar-refractivity contribution in [1.29, 1.82) is 0 Å². The molecule has 2 heterocycles. The van der Waals surface area contributed by atoms with Gasteiger partial charge in [0.2, 0.25) is 11.1 Å². The highest BCUT2D eigenvalue weighted by atomic mass is 79.9. The van der Waals surface area contributed by atoms with Gasteiger partial charge in [0.25, 0.3) is 0 Å². The van der Waals surface area contributed by atoms with Crippen molar-refractivity contribution in [3.05, 3.63) is 63.4 Å². The summed E-state index contributed by atoms with van der Waals surface area (Å²) in [6.07, 6.45) is 0. The monoisotopic (exact) mass is 487 g/mol. The summed E-state index contributed by atoms with van der Waals surface area (Å²) in [5.41, 5.74) is 7.36. The van der Waals surface area contributed by atoms with E-state index in [4.69, 9.17) is 4.74 Å². The molecule has 0 aliphatic carbocycles. The van der Waals surface area contributed by atoms with Crippen LogP contribution in [0.1, 0.15) is 28.6 Å². The highest BCUT2D eigenvalue weighted by Gasteiger charge is 2.37. The predicted molar refractivity (Wildman–Crippen MR) is 122 cm³/mol. The Bertz CT molecular complexity index is 1120. The van der Waals surface area contributed by atoms with Gasteiger partial charge in [-0.2, -0.15) is 0 Å². The van der Waals surface area contributed by atoms with Crippen LogP contribution in [0.3, 0.4) is 0 Å². The molecule has 7 nitrogen and oxygen atoms in total. The summed E-state index contributed by atoms with van der Waals surface area (Å²) in [6, 6.07) is 11.5. The second-order valence-electron chi connectivity index (χ2n) is 7.21. The zero-order valence-electron chi connectivity index (χ0n) is 17.1. The molecule has 156 valence electrons. The molecule has 2 aromatic carbocycles. The number of fused-ring (bicyclic) bond motifs is 1. The maximum absolute atomic E-state index is 13.3. The largest absolute Gasteiger partial charge is 0.496 e. The van der Waals surface area contributed by atoms with Crippen LogP contribution in [0.5, 0.6) is 5.75 Å². The lowest BCUT2D eigenvalue weighted by atomic mass is 10.0. The number of ether oxygens (including phenoxy) is 1. The van der Waals surface area contributed by atoms with E-state index in [1.807, 2.05) is 55.8 Å². The molecule has 0 radical (unpaired) electrons. The fourth-order valence-electron chi connectivity index (χ4n) is 3.44. The molecule has 30 heavy (non-hydrogen) atoms. The van der Waals surface area contributed by atoms with Gasteiger partial charge in [0.05, 0.1) is 17.6 Å². The molecule has 0 bridgehead atoms. The van der Waals surface area contributed by atoms with Crippen LogP contribution >= 0.6 is 27.7 Å². The summed E-state index contributed by atoms with van der Waals surface area (Å²) in [5.74, 6) is 1.38. The summed E-state index contributed by atoms with van der Waals surface area (Å²) in [4.78, 5) is 13.3. The highest BCUT2D eigenvalue weighted by Crippen LogP contribution is 2.39. The SMILES string of the molecule is COc1ccc([C@H]2Nn3c(C)nnc3S[C@H]2C(=O)Nc2ccc(C)cc2C)cc1Br. The van der Waals surface area contributed by atoms with Crippen molar-refractivity contribution in [2.75, 3.05) is 17.9 Å². The number of hydrogen-bond donors (Lipinski definition) is 2. The molecule has 0 fully saturated rings. The molecule has 9 heteroatoms. The number of thioether (sulfide) groups is 1. The number of nitrogens with one attached hydrogen (secondary N) is 2. The number of benzene rings is 2. The van der Waals surface area contributed by atoms with Crippen LogP contribution < -0.4 is 15.5 Å². The van der Waals surface area contributed by atoms with E-state index >= 15 is 0 Å². The Labute approximate surface area is 187 Å². The van der Waals surface area contributed by atoms with Gasteiger partial charge in [0.1, 0.15) is 16.8 Å². The summed E-state index contributed by atoms with van der Waals surface area (Å²) in [5, 5.41) is 11.7. The van der Waals surface area contributed by atoms with Gasteiger partial charge in [-0.05, 0) is 66.0 Å². The van der Waals surface area contributed by atoms with E-state index in [9.17, 15) is 4.79 Å². The molecule has 0 saturated heterocycles. The second-order valence-corrected chi connectivity index (χ2v) is 9.18. The van der Waals surface area contributed by atoms with Crippen molar-refractivity contribution >= 4 is 39.3 Å². The Balaban J connectivity index is 1.69. The number of methoxy groups -OCH3 is 1. The van der Waals surface area contributed by atoms with Crippen LogP contribution in [0, 0.1) is 20.8 Å². The average Bonchev–Trinajstić information content (AvgIpc) is 3.09. The lowest BCUT2D eigenvalue weighted by Crippen LogP contribution is -2.41. The minimum Gasteiger partial charge on any atom is -0.496 e. The van der Waals surface area contributed by atoms with E-state index < -0.39 is 5.25 Å². The number of hydrogen-bond acceptors (Lipinski definition) is 6. The fraction of sp³-hybridized carbons (Fsp3) is 0.286. The fourth-order valence-corrected chi connectivity index (χ4v) is 5.13. The number of halogens is 1. The summed E-state index contributed by atoms with van der Waals surface area (Å²) in [6.45, 7) is 5.90. The van der Waals surface area contributed by atoms with Gasteiger partial charge in [-0.25, -0.2) is 4.68 Å². The maximum atomic E-state index is 13.3. The van der Waals surface area contributed by atoms with Crippen molar-refractivity contribution in [2.24, 2.45) is 0 Å². The summed E-state index contributed by atoms with van der Waals surface area (Å²) >= 11 is 4.95. The van der Waals surface area contributed by atoms with Gasteiger partial charge in [0, 0.05) is 5.69 Å². The number of carbonyl (C=O) groups excluding carboxylic acids is 1. The van der Waals surface area contributed by atoms with Crippen LogP contribution in [0.4, 0.5) is 5.69 Å². The molecule has 3 aromatic rings. The number of aromatic nitrogens is 3. The van der Waals surface area contributed by atoms with Crippen LogP contribution in [-0.4, -0.2) is 33.1 Å². The normalized spacial score (nSPS) is 17.8. The third kappa shape index (κ3) is 3.91. The molecule has 1 amide bonds. The Morgan fingerprint density at radius 1 is 1.20 bits per heavy atom. The van der Waals surface area contributed by atoms with Gasteiger partial charge in [-0.1, -0.05) is 35.5 Å². The zero-order valence-corrected chi connectivity index (χ0v) is 19.5. The maximum Gasteiger partial charge on any atom is 0.240 e. The summed E-state index contributed by atoms with van der Waals surface area (Å²) in [7, 11) is 1.63. The first-order chi connectivity index (χ1) is 14.4. The number of carbonyl (C=O) groups is 1. The Hall–Kier alpha value is -2.52. The third-order valence-electron chi connectivity index (χ3n) is 5.03. The quantitative estimate of drug-likeness (QED) is 0.568. The molecule has 1 aliphatic rings. The Morgan fingerprint density at radius 2 is 2.00 bits per heavy atom. The van der Waals surface area contributed by atoms with E-state index in [0.29, 0.717) is 5.16 Å². The van der Waals surface area contributed by atoms with Crippen molar-refractivity contribution in [3.63, 3.8) is 0 Å². The average molecular weight is 488 g/mol. The van der Waals surface area contributed by atoms with Crippen molar-refractivity contribution in [1.82, 2.24) is 14.9 Å². The zero-order chi connectivity index (χ0) is 21.4. The van der Waals surface area contributed by atoms with Gasteiger partial charge >= 0.3 is 0 Å². The molecule has 2 N–H and O–H groups in total. The van der Waals surface area contributed by atoms with Crippen molar-refractivity contribution in [3.8, 4) is 5.75 Å². The predicted octanol–water partition coefficient (Wildman–Crippen LogP) is 4.37. The Morgan fingerprint density at radius 3 is 2.70 bits per heavy atom. The standard InChI is InChI=1S/C21H22BrN5O2S/c1-11-5-7-16(12(2)9-11)23-20(28)19-18(14-6-8-17(29-4)15(22)10-14)26-27-13(3)24-25-21(27)30-19/h5-10,18-19,26H,1-4H3,(H,23,28)/t18-,19-/m1/s1. The first kappa shape index (κ1) is 20.7. The van der Waals surface area contributed by atoms with Crippen LogP contribution in [-0.2, 0) is 4.79 Å². The van der Waals surface area contributed by atoms with Crippen LogP contribution in [0.25, 0.3) is 0 Å². The third-order valence-corrected chi connectivity index (χ3v) is 6.87. The molecule has 1 aliphatic heterocycles. The van der Waals surface area contributed by atoms with E-state index in [0.717, 1.165) is 38.4 Å². The molecule has 2 atom stereocenters. The van der Waals surface area contributed by atoms with E-state index in [2.05, 4.69) is 42.9 Å². The lowest BCUT2D eigenvalue weighted by molar-refractivity contribution is -0.116. The summed E-state index contributed by atoms with van der Waals surface area (Å²) < 4.78 is 8.01. The minimum atomic E-state index is -0.443. The van der Waals surface area contributed by atoms with Crippen molar-refractivity contribution in [2.45, 2.75) is 37.2 Å². The lowest BCUT2D eigenvalue weighted by Gasteiger charge is -2.33. The molecular formula is C21H22BrN5O2S. The van der Waals surface area contributed by atoms with Gasteiger partial charge in [0.15, 0.2) is 0 Å². The van der Waals surface area contributed by atoms with E-state index in [1.54, 1.807) is 7.11 Å². The smallest absolute Gasteiger partial charge is 0.240 e. The number of amides is 1. The van der Waals surface area contributed by atoms with Gasteiger partial charge < -0.3 is 15.5 Å². The number of nitrogens with zero attached hydrogens (tertiary/aromatic N) is 3. The van der Waals surface area contributed by atoms with Gasteiger partial charge in [-0.3, -0.25) is 4.79 Å². The van der Waals surface area contributed by atoms with E-state index in [-0.39, 0.29) is 11.9 Å². The molecule has 4 rings (SSSR count). The van der Waals surface area contributed by atoms with Crippen molar-refractivity contribution < 1.29 is 9.53 Å². The molecule has 1 aromatic heterocycles. The minimum absolute atomic E-state index is 0.0942. The van der Waals surface area contributed by atoms with Crippen LogP contribution in [0.15, 0.2) is 46.0 Å². The van der Waals surface area contributed by atoms with E-state index in [1.165, 1.54) is 11.8 Å². The molecular weight excluding hydrogens is 466 g/mol. The first-order valence-electron chi connectivity index (χ1n) is 9.44. The number of rotatable bonds is 4. The first-order valence-corrected chi connectivity index (χ1v) is 11.1. The van der Waals surface area contributed by atoms with Crippen LogP contribution in [0.2, 0.25) is 0 Å².